The lowest BCUT2D eigenvalue weighted by atomic mass is 10.0. The molecule has 0 spiro atoms. The van der Waals surface area contributed by atoms with Gasteiger partial charge in [0.2, 0.25) is 9.76 Å². The van der Waals surface area contributed by atoms with Crippen LogP contribution in [0.25, 0.3) is 0 Å². The van der Waals surface area contributed by atoms with E-state index in [0.717, 1.165) is 0 Å². The minimum atomic E-state index is -0.779. The summed E-state index contributed by atoms with van der Waals surface area (Å²) in [5.74, 6) is -0.259. The van der Waals surface area contributed by atoms with Crippen LogP contribution in [0.4, 0.5) is 0 Å². The van der Waals surface area contributed by atoms with Crippen LogP contribution in [0, 0.1) is 0 Å². The quantitative estimate of drug-likeness (QED) is 0.352. The highest BCUT2D eigenvalue weighted by molar-refractivity contribution is 6.35. The average Bonchev–Trinajstić information content (AvgIpc) is 2.25. The maximum Gasteiger partial charge on any atom is 0.316 e. The van der Waals surface area contributed by atoms with E-state index in [9.17, 15) is 4.79 Å². The van der Waals surface area contributed by atoms with Crippen LogP contribution in [-0.2, 0) is 9.22 Å². The van der Waals surface area contributed by atoms with Crippen molar-refractivity contribution in [2.45, 2.75) is 64.3 Å². The highest BCUT2D eigenvalue weighted by Crippen LogP contribution is 2.30. The molecule has 0 atom stereocenters. The highest BCUT2D eigenvalue weighted by atomic mass is 28.2. The predicted octanol–water partition coefficient (Wildman–Crippen LogP) is 3.36. The first-order valence-electron chi connectivity index (χ1n) is 6.31. The summed E-state index contributed by atoms with van der Waals surface area (Å²) in [6.07, 6.45) is 8.95. The molecule has 16 heavy (non-hydrogen) atoms. The molecular formula is C13H26O2Si. The fourth-order valence-electron chi connectivity index (χ4n) is 1.60. The van der Waals surface area contributed by atoms with Gasteiger partial charge >= 0.3 is 5.97 Å². The van der Waals surface area contributed by atoms with Crippen LogP contribution < -0.4 is 0 Å². The van der Waals surface area contributed by atoms with Crippen molar-refractivity contribution < 1.29 is 9.22 Å². The van der Waals surface area contributed by atoms with Crippen molar-refractivity contribution in [2.24, 2.45) is 0 Å². The Bertz CT molecular complexity index is 212. The molecule has 0 unspecified atom stereocenters. The summed E-state index contributed by atoms with van der Waals surface area (Å²) in [7, 11) is -0.779. The van der Waals surface area contributed by atoms with E-state index in [1.54, 1.807) is 0 Å². The number of carbonyl (C=O) groups excluding carboxylic acids is 1. The maximum absolute atomic E-state index is 11.0. The summed E-state index contributed by atoms with van der Waals surface area (Å²) in [6.45, 7) is 10.0. The Morgan fingerprint density at radius 2 is 1.94 bits per heavy atom. The molecule has 0 bridgehead atoms. The Morgan fingerprint density at radius 1 is 1.31 bits per heavy atom. The monoisotopic (exact) mass is 242 g/mol. The Morgan fingerprint density at radius 3 is 2.50 bits per heavy atom. The second kappa shape index (κ2) is 8.56. The Kier molecular flexibility index (Phi) is 8.26. The summed E-state index contributed by atoms with van der Waals surface area (Å²) in [6, 6.07) is 0. The lowest BCUT2D eigenvalue weighted by molar-refractivity contribution is -0.129. The van der Waals surface area contributed by atoms with E-state index >= 15 is 0 Å². The zero-order valence-corrected chi connectivity index (χ0v) is 12.5. The van der Waals surface area contributed by atoms with E-state index in [1.807, 2.05) is 0 Å². The molecule has 94 valence electrons. The molecule has 0 aromatic carbocycles. The van der Waals surface area contributed by atoms with Crippen LogP contribution in [-0.4, -0.2) is 15.7 Å². The standard InChI is InChI=1S/C13H26O2Si/c1-5-7-8-9-10-11-13(3,4)16-15-12(14)6-2/h6H,2,5,7-11,16H2,1,3-4H3. The average molecular weight is 242 g/mol. The number of hydrogen-bond acceptors (Lipinski definition) is 2. The first-order chi connectivity index (χ1) is 7.52. The van der Waals surface area contributed by atoms with Crippen molar-refractivity contribution in [3.05, 3.63) is 12.7 Å². The molecular weight excluding hydrogens is 216 g/mol. The van der Waals surface area contributed by atoms with Gasteiger partial charge in [-0.1, -0.05) is 59.5 Å². The van der Waals surface area contributed by atoms with E-state index in [0.29, 0.717) is 0 Å². The molecule has 0 aliphatic carbocycles. The van der Waals surface area contributed by atoms with Gasteiger partial charge < -0.3 is 4.43 Å². The molecule has 0 heterocycles. The van der Waals surface area contributed by atoms with Gasteiger partial charge in [-0.25, -0.2) is 4.79 Å². The van der Waals surface area contributed by atoms with E-state index in [-0.39, 0.29) is 11.0 Å². The molecule has 0 saturated heterocycles. The van der Waals surface area contributed by atoms with Gasteiger partial charge in [0, 0.05) is 6.08 Å². The van der Waals surface area contributed by atoms with Gasteiger partial charge in [0.25, 0.3) is 0 Å². The minimum Gasteiger partial charge on any atom is -0.521 e. The van der Waals surface area contributed by atoms with Crippen molar-refractivity contribution in [1.82, 2.24) is 0 Å². The van der Waals surface area contributed by atoms with Crippen molar-refractivity contribution >= 4 is 15.7 Å². The maximum atomic E-state index is 11.0. The SMILES string of the molecule is C=CC(=O)O[SiH2]C(C)(C)CCCCCCC. The smallest absolute Gasteiger partial charge is 0.316 e. The molecule has 0 radical (unpaired) electrons. The number of carbonyl (C=O) groups is 1. The third kappa shape index (κ3) is 8.71. The van der Waals surface area contributed by atoms with Crippen LogP contribution in [0.2, 0.25) is 5.04 Å². The third-order valence-electron chi connectivity index (χ3n) is 2.73. The van der Waals surface area contributed by atoms with Crippen LogP contribution >= 0.6 is 0 Å². The second-order valence-electron chi connectivity index (χ2n) is 5.14. The highest BCUT2D eigenvalue weighted by Gasteiger charge is 2.20. The first-order valence-corrected chi connectivity index (χ1v) is 7.59. The summed E-state index contributed by atoms with van der Waals surface area (Å²) in [5, 5.41) is 0.227. The first kappa shape index (κ1) is 15.4. The normalized spacial score (nSPS) is 11.9. The summed E-state index contributed by atoms with van der Waals surface area (Å²) in [4.78, 5) is 11.0. The number of rotatable bonds is 9. The zero-order valence-electron chi connectivity index (χ0n) is 11.1. The van der Waals surface area contributed by atoms with Crippen LogP contribution in [0.15, 0.2) is 12.7 Å². The van der Waals surface area contributed by atoms with Crippen LogP contribution in [0.1, 0.15) is 59.3 Å². The van der Waals surface area contributed by atoms with Gasteiger partial charge in [0.1, 0.15) is 0 Å². The van der Waals surface area contributed by atoms with E-state index < -0.39 is 9.76 Å². The topological polar surface area (TPSA) is 26.3 Å². The van der Waals surface area contributed by atoms with Crippen molar-refractivity contribution in [3.63, 3.8) is 0 Å². The van der Waals surface area contributed by atoms with Gasteiger partial charge in [-0.2, -0.15) is 0 Å². The second-order valence-corrected chi connectivity index (χ2v) is 7.63. The fourth-order valence-corrected chi connectivity index (χ4v) is 2.65. The molecule has 0 amide bonds. The minimum absolute atomic E-state index is 0.227. The summed E-state index contributed by atoms with van der Waals surface area (Å²) in [5.41, 5.74) is 0. The molecule has 0 N–H and O–H groups in total. The predicted molar refractivity (Wildman–Crippen MR) is 72.3 cm³/mol. The molecule has 0 aromatic heterocycles. The van der Waals surface area contributed by atoms with Gasteiger partial charge in [0.05, 0.1) is 0 Å². The molecule has 2 nitrogen and oxygen atoms in total. The third-order valence-corrected chi connectivity index (χ3v) is 4.29. The van der Waals surface area contributed by atoms with Crippen molar-refractivity contribution in [3.8, 4) is 0 Å². The van der Waals surface area contributed by atoms with Crippen molar-refractivity contribution in [2.75, 3.05) is 0 Å². The van der Waals surface area contributed by atoms with Gasteiger partial charge in [0.15, 0.2) is 0 Å². The van der Waals surface area contributed by atoms with Gasteiger partial charge in [-0.15, -0.1) is 0 Å². The lowest BCUT2D eigenvalue weighted by Crippen LogP contribution is -2.19. The van der Waals surface area contributed by atoms with E-state index in [2.05, 4.69) is 27.4 Å². The Balaban J connectivity index is 3.61. The number of hydrogen-bond donors (Lipinski definition) is 0. The lowest BCUT2D eigenvalue weighted by Gasteiger charge is -2.22. The molecule has 0 aromatic rings. The molecule has 0 aliphatic rings. The van der Waals surface area contributed by atoms with E-state index in [4.69, 9.17) is 4.43 Å². The van der Waals surface area contributed by atoms with Gasteiger partial charge in [-0.05, 0) is 11.5 Å². The fraction of sp³-hybridized carbons (Fsp3) is 0.769. The summed E-state index contributed by atoms with van der Waals surface area (Å²) >= 11 is 0. The number of unbranched alkanes of at least 4 members (excludes halogenated alkanes) is 4. The molecule has 0 aliphatic heterocycles. The van der Waals surface area contributed by atoms with Crippen LogP contribution in [0.5, 0.6) is 0 Å². The Labute approximate surface area is 102 Å². The Hall–Kier alpha value is -0.573. The largest absolute Gasteiger partial charge is 0.521 e. The molecule has 0 fully saturated rings. The zero-order chi connectivity index (χ0) is 12.4. The van der Waals surface area contributed by atoms with Crippen molar-refractivity contribution in [1.29, 1.82) is 0 Å². The van der Waals surface area contributed by atoms with E-state index in [1.165, 1.54) is 44.6 Å². The molecule has 0 rings (SSSR count). The molecule has 3 heteroatoms. The molecule has 0 saturated carbocycles. The van der Waals surface area contributed by atoms with Gasteiger partial charge in [-0.3, -0.25) is 0 Å². The summed E-state index contributed by atoms with van der Waals surface area (Å²) < 4.78 is 5.22. The van der Waals surface area contributed by atoms with Crippen LogP contribution in [0.3, 0.4) is 0 Å².